The van der Waals surface area contributed by atoms with E-state index in [0.29, 0.717) is 0 Å². The summed E-state index contributed by atoms with van der Waals surface area (Å²) in [6, 6.07) is 6.14. The van der Waals surface area contributed by atoms with Crippen molar-refractivity contribution in [3.8, 4) is 0 Å². The van der Waals surface area contributed by atoms with Crippen LogP contribution in [0.1, 0.15) is 24.2 Å². The van der Waals surface area contributed by atoms with Crippen LogP contribution in [0.15, 0.2) is 18.2 Å². The molecule has 2 N–H and O–H groups in total. The lowest BCUT2D eigenvalue weighted by Gasteiger charge is -2.08. The van der Waals surface area contributed by atoms with E-state index in [1.165, 1.54) is 10.9 Å². The second kappa shape index (κ2) is 3.54. The highest BCUT2D eigenvalue weighted by atomic mass is 35.5. The van der Waals surface area contributed by atoms with Crippen LogP contribution in [0.2, 0.25) is 5.02 Å². The number of fused-ring (bicyclic) bond motifs is 1. The number of benzene rings is 1. The molecule has 1 unspecified atom stereocenters. The molecular formula is C12H15ClN2. The zero-order valence-electron chi connectivity index (χ0n) is 9.21. The Hall–Kier alpha value is -0.990. The van der Waals surface area contributed by atoms with Crippen molar-refractivity contribution in [2.24, 2.45) is 12.8 Å². The van der Waals surface area contributed by atoms with Crippen LogP contribution in [0.5, 0.6) is 0 Å². The summed E-state index contributed by atoms with van der Waals surface area (Å²) >= 11 is 6.10. The maximum atomic E-state index is 6.10. The number of aryl methyl sites for hydroxylation is 2. The van der Waals surface area contributed by atoms with Gasteiger partial charge in [-0.3, -0.25) is 0 Å². The number of nitrogens with two attached hydrogens (primary N) is 1. The number of hydrogen-bond acceptors (Lipinski definition) is 1. The van der Waals surface area contributed by atoms with E-state index in [-0.39, 0.29) is 6.04 Å². The Bertz CT molecular complexity index is 512. The van der Waals surface area contributed by atoms with Crippen molar-refractivity contribution in [3.05, 3.63) is 34.5 Å². The third-order valence-electron chi connectivity index (χ3n) is 2.89. The van der Waals surface area contributed by atoms with Crippen LogP contribution < -0.4 is 5.73 Å². The molecule has 3 heteroatoms. The third-order valence-corrected chi connectivity index (χ3v) is 3.30. The highest BCUT2D eigenvalue weighted by molar-refractivity contribution is 6.32. The lowest BCUT2D eigenvalue weighted by atomic mass is 10.1. The van der Waals surface area contributed by atoms with E-state index in [2.05, 4.69) is 10.6 Å². The summed E-state index contributed by atoms with van der Waals surface area (Å²) in [5.74, 6) is 0. The van der Waals surface area contributed by atoms with E-state index in [9.17, 15) is 0 Å². The molecule has 0 fully saturated rings. The zero-order chi connectivity index (χ0) is 11.2. The highest BCUT2D eigenvalue weighted by Gasteiger charge is 2.11. The second-order valence-corrected chi connectivity index (χ2v) is 4.43. The van der Waals surface area contributed by atoms with E-state index >= 15 is 0 Å². The fourth-order valence-electron chi connectivity index (χ4n) is 2.08. The van der Waals surface area contributed by atoms with Gasteiger partial charge in [0.15, 0.2) is 0 Å². The average Bonchev–Trinajstić information content (AvgIpc) is 2.50. The molecule has 0 bridgehead atoms. The molecule has 1 heterocycles. The molecular weight excluding hydrogens is 208 g/mol. The largest absolute Gasteiger partial charge is 0.346 e. The first-order chi connectivity index (χ1) is 7.02. The van der Waals surface area contributed by atoms with Crippen LogP contribution in [0.25, 0.3) is 10.9 Å². The molecule has 0 aliphatic rings. The maximum Gasteiger partial charge on any atom is 0.0525 e. The molecule has 15 heavy (non-hydrogen) atoms. The van der Waals surface area contributed by atoms with Crippen molar-refractivity contribution >= 4 is 22.5 Å². The molecule has 2 aromatic rings. The smallest absolute Gasteiger partial charge is 0.0525 e. The van der Waals surface area contributed by atoms with Crippen molar-refractivity contribution in [2.75, 3.05) is 0 Å². The van der Waals surface area contributed by atoms with Gasteiger partial charge in [-0.25, -0.2) is 0 Å². The van der Waals surface area contributed by atoms with E-state index in [0.717, 1.165) is 16.3 Å². The van der Waals surface area contributed by atoms with Crippen molar-refractivity contribution in [2.45, 2.75) is 19.9 Å². The number of aromatic nitrogens is 1. The van der Waals surface area contributed by atoms with E-state index in [4.69, 9.17) is 17.3 Å². The molecule has 1 aromatic carbocycles. The highest BCUT2D eigenvalue weighted by Crippen LogP contribution is 2.29. The molecule has 1 aromatic heterocycles. The molecule has 0 aliphatic carbocycles. The SMILES string of the molecule is Cc1c(Cl)ccc2cc(C(C)N)n(C)c12. The predicted molar refractivity (Wildman–Crippen MR) is 65.3 cm³/mol. The Kier molecular flexibility index (Phi) is 2.49. The predicted octanol–water partition coefficient (Wildman–Crippen LogP) is 3.16. The van der Waals surface area contributed by atoms with Crippen molar-refractivity contribution in [1.82, 2.24) is 4.57 Å². The number of hydrogen-bond donors (Lipinski definition) is 1. The summed E-state index contributed by atoms with van der Waals surface area (Å²) in [4.78, 5) is 0. The third kappa shape index (κ3) is 1.54. The van der Waals surface area contributed by atoms with Gasteiger partial charge >= 0.3 is 0 Å². The van der Waals surface area contributed by atoms with Gasteiger partial charge in [-0.15, -0.1) is 0 Å². The standard InChI is InChI=1S/C12H15ClN2/c1-7-10(13)5-4-9-6-11(8(2)14)15(3)12(7)9/h4-6,8H,14H2,1-3H3. The van der Waals surface area contributed by atoms with Crippen molar-refractivity contribution < 1.29 is 0 Å². The quantitative estimate of drug-likeness (QED) is 0.790. The van der Waals surface area contributed by atoms with Crippen LogP contribution in [0, 0.1) is 6.92 Å². The van der Waals surface area contributed by atoms with Gasteiger partial charge in [0.1, 0.15) is 0 Å². The molecule has 0 radical (unpaired) electrons. The van der Waals surface area contributed by atoms with Gasteiger partial charge in [0.05, 0.1) is 5.52 Å². The van der Waals surface area contributed by atoms with Gasteiger partial charge in [0, 0.05) is 29.2 Å². The van der Waals surface area contributed by atoms with Crippen LogP contribution in [0.3, 0.4) is 0 Å². The summed E-state index contributed by atoms with van der Waals surface area (Å²) in [6.07, 6.45) is 0. The number of nitrogens with zero attached hydrogens (tertiary/aromatic N) is 1. The molecule has 80 valence electrons. The first-order valence-electron chi connectivity index (χ1n) is 5.02. The van der Waals surface area contributed by atoms with E-state index in [1.54, 1.807) is 0 Å². The second-order valence-electron chi connectivity index (χ2n) is 4.03. The van der Waals surface area contributed by atoms with Crippen LogP contribution in [-0.2, 0) is 7.05 Å². The van der Waals surface area contributed by atoms with Crippen LogP contribution in [0.4, 0.5) is 0 Å². The normalized spacial score (nSPS) is 13.4. The topological polar surface area (TPSA) is 30.9 Å². The van der Waals surface area contributed by atoms with Crippen LogP contribution in [-0.4, -0.2) is 4.57 Å². The molecule has 1 atom stereocenters. The van der Waals surface area contributed by atoms with Gasteiger partial charge in [0.2, 0.25) is 0 Å². The van der Waals surface area contributed by atoms with Gasteiger partial charge in [-0.1, -0.05) is 17.7 Å². The summed E-state index contributed by atoms with van der Waals surface area (Å²) < 4.78 is 2.13. The van der Waals surface area contributed by atoms with Gasteiger partial charge < -0.3 is 10.3 Å². The Balaban J connectivity index is 2.83. The molecule has 0 saturated carbocycles. The zero-order valence-corrected chi connectivity index (χ0v) is 9.97. The Morgan fingerprint density at radius 1 is 1.40 bits per heavy atom. The molecule has 2 nitrogen and oxygen atoms in total. The van der Waals surface area contributed by atoms with Crippen LogP contribution >= 0.6 is 11.6 Å². The van der Waals surface area contributed by atoms with Gasteiger partial charge in [-0.2, -0.15) is 0 Å². The summed E-state index contributed by atoms with van der Waals surface area (Å²) in [7, 11) is 2.03. The fourth-order valence-corrected chi connectivity index (χ4v) is 2.23. The Morgan fingerprint density at radius 3 is 2.67 bits per heavy atom. The first-order valence-corrected chi connectivity index (χ1v) is 5.40. The monoisotopic (exact) mass is 222 g/mol. The number of rotatable bonds is 1. The fraction of sp³-hybridized carbons (Fsp3) is 0.333. The maximum absolute atomic E-state index is 6.10. The average molecular weight is 223 g/mol. The molecule has 0 saturated heterocycles. The van der Waals surface area contributed by atoms with Crippen molar-refractivity contribution in [3.63, 3.8) is 0 Å². The summed E-state index contributed by atoms with van der Waals surface area (Å²) in [5.41, 5.74) is 9.34. The number of halogens is 1. The van der Waals surface area contributed by atoms with Crippen molar-refractivity contribution in [1.29, 1.82) is 0 Å². The van der Waals surface area contributed by atoms with Gasteiger partial charge in [-0.05, 0) is 31.5 Å². The molecule has 0 spiro atoms. The van der Waals surface area contributed by atoms with Gasteiger partial charge in [0.25, 0.3) is 0 Å². The molecule has 0 aliphatic heterocycles. The lowest BCUT2D eigenvalue weighted by Crippen LogP contribution is -2.09. The first kappa shape index (κ1) is 10.5. The summed E-state index contributed by atoms with van der Waals surface area (Å²) in [5, 5.41) is 2.01. The van der Waals surface area contributed by atoms with E-state index < -0.39 is 0 Å². The van der Waals surface area contributed by atoms with E-state index in [1.807, 2.05) is 33.0 Å². The Morgan fingerprint density at radius 2 is 2.07 bits per heavy atom. The minimum Gasteiger partial charge on any atom is -0.346 e. The lowest BCUT2D eigenvalue weighted by molar-refractivity contribution is 0.726. The minimum atomic E-state index is 0.0422. The minimum absolute atomic E-state index is 0.0422. The summed E-state index contributed by atoms with van der Waals surface area (Å²) in [6.45, 7) is 4.03. The molecule has 2 rings (SSSR count). The Labute approximate surface area is 94.6 Å². The molecule has 0 amide bonds.